The summed E-state index contributed by atoms with van der Waals surface area (Å²) in [4.78, 5) is 18.2. The third-order valence-electron chi connectivity index (χ3n) is 8.45. The molecule has 1 amide bonds. The molecule has 3 aromatic rings. The van der Waals surface area contributed by atoms with Crippen molar-refractivity contribution in [3.8, 4) is 11.4 Å². The molecule has 2 aliphatic carbocycles. The van der Waals surface area contributed by atoms with Crippen molar-refractivity contribution in [2.45, 2.75) is 108 Å². The van der Waals surface area contributed by atoms with E-state index in [2.05, 4.69) is 26.6 Å². The highest BCUT2D eigenvalue weighted by Crippen LogP contribution is 2.31. The monoisotopic (exact) mass is 545 g/mol. The summed E-state index contributed by atoms with van der Waals surface area (Å²) in [7, 11) is 0. The molecule has 1 saturated heterocycles. The van der Waals surface area contributed by atoms with E-state index in [9.17, 15) is 4.79 Å². The van der Waals surface area contributed by atoms with Crippen molar-refractivity contribution in [2.24, 2.45) is 0 Å². The minimum atomic E-state index is -0.208. The highest BCUT2D eigenvalue weighted by atomic mass is 16.5. The average molecular weight is 546 g/mol. The molecule has 40 heavy (non-hydrogen) atoms. The van der Waals surface area contributed by atoms with Crippen LogP contribution < -0.4 is 10.6 Å². The minimum Gasteiger partial charge on any atom is -0.356 e. The fraction of sp³-hybridized carbons (Fsp3) is 0.613. The van der Waals surface area contributed by atoms with Crippen LogP contribution in [0.15, 0.2) is 36.7 Å². The van der Waals surface area contributed by atoms with Gasteiger partial charge in [-0.15, -0.1) is 0 Å². The molecule has 3 fully saturated rings. The van der Waals surface area contributed by atoms with Crippen LogP contribution in [0, 0.1) is 0 Å². The fourth-order valence-corrected chi connectivity index (χ4v) is 5.99. The first-order chi connectivity index (χ1) is 19.7. The summed E-state index contributed by atoms with van der Waals surface area (Å²) in [5.74, 6) is -0.208. The molecular formula is C31H43N7O2. The van der Waals surface area contributed by atoms with Gasteiger partial charge in [-0.25, -0.2) is 9.67 Å². The number of hydrogen-bond acceptors (Lipinski definition) is 6. The number of unbranched alkanes of at least 4 members (excludes halogenated alkanes) is 2. The molecular weight excluding hydrogens is 502 g/mol. The van der Waals surface area contributed by atoms with Gasteiger partial charge in [-0.1, -0.05) is 31.7 Å². The van der Waals surface area contributed by atoms with Crippen molar-refractivity contribution < 1.29 is 9.53 Å². The van der Waals surface area contributed by atoms with Crippen LogP contribution in [0.2, 0.25) is 0 Å². The zero-order valence-corrected chi connectivity index (χ0v) is 23.6. The summed E-state index contributed by atoms with van der Waals surface area (Å²) in [6.45, 7) is 1.84. The first kappa shape index (κ1) is 27.1. The molecule has 0 radical (unpaired) electrons. The number of aryl methyl sites for hydroxylation is 1. The molecule has 1 unspecified atom stereocenters. The Kier molecular flexibility index (Phi) is 8.88. The Bertz CT molecular complexity index is 1250. The number of amides is 1. The zero-order chi connectivity index (χ0) is 27.1. The van der Waals surface area contributed by atoms with E-state index in [1.807, 2.05) is 22.9 Å². The number of pyridine rings is 1. The Morgan fingerprint density at radius 1 is 0.975 bits per heavy atom. The van der Waals surface area contributed by atoms with Crippen molar-refractivity contribution in [3.63, 3.8) is 0 Å². The normalized spacial score (nSPS) is 20.1. The molecule has 3 aromatic heterocycles. The van der Waals surface area contributed by atoms with Crippen LogP contribution in [0.5, 0.6) is 0 Å². The Hall–Kier alpha value is -3.04. The summed E-state index contributed by atoms with van der Waals surface area (Å²) in [6.07, 6.45) is 19.9. The molecule has 9 heteroatoms. The molecule has 9 nitrogen and oxygen atoms in total. The van der Waals surface area contributed by atoms with Crippen LogP contribution >= 0.6 is 0 Å². The molecule has 0 bridgehead atoms. The maximum absolute atomic E-state index is 13.5. The van der Waals surface area contributed by atoms with E-state index in [0.717, 1.165) is 93.3 Å². The molecule has 4 heterocycles. The maximum atomic E-state index is 13.5. The lowest BCUT2D eigenvalue weighted by atomic mass is 9.96. The molecule has 0 spiro atoms. The van der Waals surface area contributed by atoms with Gasteiger partial charge in [-0.2, -0.15) is 10.2 Å². The molecule has 3 aliphatic rings. The van der Waals surface area contributed by atoms with Gasteiger partial charge in [0.1, 0.15) is 5.69 Å². The number of hydrogen-bond donors (Lipinski definition) is 2. The standard InChI is InChI=1S/C31H43N7O2/c39-31(27-14-9-13-26(34-27)29-18-20-33-38(29)30-15-6-8-21-40-30)35-28-22-37(24-10-3-1-4-11-24)36-25(28)12-5-2-7-19-32-23-16-17-23/h9,13-14,18,20,22-24,30,32H,1-8,10-12,15-17,19,21H2,(H,35,39). The number of nitrogens with one attached hydrogen (secondary N) is 2. The third kappa shape index (κ3) is 6.81. The average Bonchev–Trinajstić information content (AvgIpc) is 3.54. The van der Waals surface area contributed by atoms with Crippen LogP contribution in [0.3, 0.4) is 0 Å². The van der Waals surface area contributed by atoms with Crippen LogP contribution in [0.4, 0.5) is 5.69 Å². The number of aromatic nitrogens is 5. The third-order valence-corrected chi connectivity index (χ3v) is 8.45. The van der Waals surface area contributed by atoms with Crippen LogP contribution in [0.1, 0.15) is 112 Å². The van der Waals surface area contributed by atoms with Gasteiger partial charge in [-0.3, -0.25) is 9.48 Å². The van der Waals surface area contributed by atoms with Gasteiger partial charge in [0.25, 0.3) is 5.91 Å². The first-order valence-electron chi connectivity index (χ1n) is 15.5. The van der Waals surface area contributed by atoms with Gasteiger partial charge in [0.05, 0.1) is 28.8 Å². The minimum absolute atomic E-state index is 0.0873. The SMILES string of the molecule is O=C(Nc1cn(C2CCCCC2)nc1CCCCCNC1CC1)c1cccc(-c2ccnn2C2CCCCO2)n1. The van der Waals surface area contributed by atoms with Gasteiger partial charge in [0.2, 0.25) is 0 Å². The van der Waals surface area contributed by atoms with Crippen molar-refractivity contribution in [2.75, 3.05) is 18.5 Å². The second kappa shape index (κ2) is 13.1. The van der Waals surface area contributed by atoms with Gasteiger partial charge in [-0.05, 0) is 89.0 Å². The number of carbonyl (C=O) groups is 1. The molecule has 2 N–H and O–H groups in total. The van der Waals surface area contributed by atoms with E-state index in [4.69, 9.17) is 14.8 Å². The Labute approximate surface area is 237 Å². The Morgan fingerprint density at radius 2 is 1.85 bits per heavy atom. The molecule has 2 saturated carbocycles. The zero-order valence-electron chi connectivity index (χ0n) is 23.6. The smallest absolute Gasteiger partial charge is 0.274 e. The van der Waals surface area contributed by atoms with Gasteiger partial charge in [0.15, 0.2) is 6.23 Å². The van der Waals surface area contributed by atoms with Gasteiger partial charge >= 0.3 is 0 Å². The number of anilines is 1. The van der Waals surface area contributed by atoms with Crippen molar-refractivity contribution in [1.82, 2.24) is 29.9 Å². The molecule has 214 valence electrons. The van der Waals surface area contributed by atoms with Crippen LogP contribution in [-0.4, -0.2) is 49.6 Å². The van der Waals surface area contributed by atoms with Crippen molar-refractivity contribution in [3.05, 3.63) is 48.0 Å². The Balaban J connectivity index is 1.15. The number of carbonyl (C=O) groups excluding carboxylic acids is 1. The summed E-state index contributed by atoms with van der Waals surface area (Å²) in [5, 5.41) is 16.3. The summed E-state index contributed by atoms with van der Waals surface area (Å²) >= 11 is 0. The summed E-state index contributed by atoms with van der Waals surface area (Å²) < 4.78 is 9.97. The van der Waals surface area contributed by atoms with E-state index in [1.54, 1.807) is 12.3 Å². The van der Waals surface area contributed by atoms with Crippen molar-refractivity contribution in [1.29, 1.82) is 0 Å². The molecule has 0 aromatic carbocycles. The lowest BCUT2D eigenvalue weighted by Gasteiger charge is -2.24. The number of nitrogens with zero attached hydrogens (tertiary/aromatic N) is 5. The Morgan fingerprint density at radius 3 is 2.67 bits per heavy atom. The van der Waals surface area contributed by atoms with E-state index in [0.29, 0.717) is 11.7 Å². The predicted octanol–water partition coefficient (Wildman–Crippen LogP) is 6.06. The molecule has 1 aliphatic heterocycles. The molecule has 6 rings (SSSR count). The second-order valence-electron chi connectivity index (χ2n) is 11.6. The van der Waals surface area contributed by atoms with E-state index in [1.165, 1.54) is 38.5 Å². The topological polar surface area (TPSA) is 98.9 Å². The van der Waals surface area contributed by atoms with Gasteiger partial charge < -0.3 is 15.4 Å². The highest BCUT2D eigenvalue weighted by Gasteiger charge is 2.23. The van der Waals surface area contributed by atoms with E-state index < -0.39 is 0 Å². The van der Waals surface area contributed by atoms with Crippen LogP contribution in [-0.2, 0) is 11.2 Å². The van der Waals surface area contributed by atoms with Crippen molar-refractivity contribution >= 4 is 11.6 Å². The lowest BCUT2D eigenvalue weighted by molar-refractivity contribution is -0.0384. The second-order valence-corrected chi connectivity index (χ2v) is 11.6. The fourth-order valence-electron chi connectivity index (χ4n) is 5.99. The number of ether oxygens (including phenoxy) is 1. The largest absolute Gasteiger partial charge is 0.356 e. The predicted molar refractivity (Wildman–Crippen MR) is 155 cm³/mol. The quantitative estimate of drug-likeness (QED) is 0.268. The van der Waals surface area contributed by atoms with Gasteiger partial charge in [0, 0.05) is 25.0 Å². The van der Waals surface area contributed by atoms with Crippen LogP contribution in [0.25, 0.3) is 11.4 Å². The summed E-state index contributed by atoms with van der Waals surface area (Å²) in [5.41, 5.74) is 3.77. The first-order valence-corrected chi connectivity index (χ1v) is 15.5. The lowest BCUT2D eigenvalue weighted by Crippen LogP contribution is -2.20. The molecule has 1 atom stereocenters. The maximum Gasteiger partial charge on any atom is 0.274 e. The number of rotatable bonds is 12. The highest BCUT2D eigenvalue weighted by molar-refractivity contribution is 6.03. The van der Waals surface area contributed by atoms with E-state index in [-0.39, 0.29) is 12.1 Å². The summed E-state index contributed by atoms with van der Waals surface area (Å²) in [6, 6.07) is 8.71. The van der Waals surface area contributed by atoms with E-state index >= 15 is 0 Å².